The van der Waals surface area contributed by atoms with Gasteiger partial charge in [-0.3, -0.25) is 0 Å². The van der Waals surface area contributed by atoms with Crippen molar-refractivity contribution in [2.24, 2.45) is 0 Å². The molecule has 4 heteroatoms. The standard InChI is InChI=1S/C11H13N3O/c1-8-7-14(13-11(8)12)9-3-5-10(15-2)6-4-9/h3-7H,1-2H3,(H2,12,13). The highest BCUT2D eigenvalue weighted by atomic mass is 16.5. The number of benzene rings is 1. The second-order valence-electron chi connectivity index (χ2n) is 3.34. The molecule has 0 fully saturated rings. The molecule has 0 saturated heterocycles. The highest BCUT2D eigenvalue weighted by Gasteiger charge is 2.02. The molecule has 1 heterocycles. The van der Waals surface area contributed by atoms with Gasteiger partial charge in [0, 0.05) is 11.8 Å². The number of nitrogen functional groups attached to an aromatic ring is 1. The number of rotatable bonds is 2. The summed E-state index contributed by atoms with van der Waals surface area (Å²) < 4.78 is 6.83. The zero-order valence-electron chi connectivity index (χ0n) is 8.77. The van der Waals surface area contributed by atoms with Crippen molar-refractivity contribution in [3.63, 3.8) is 0 Å². The third-order valence-corrected chi connectivity index (χ3v) is 2.27. The normalized spacial score (nSPS) is 10.3. The van der Waals surface area contributed by atoms with E-state index < -0.39 is 0 Å². The molecule has 15 heavy (non-hydrogen) atoms. The van der Waals surface area contributed by atoms with Crippen LogP contribution in [0.15, 0.2) is 30.5 Å². The first-order chi connectivity index (χ1) is 7.20. The van der Waals surface area contributed by atoms with Crippen LogP contribution in [-0.2, 0) is 0 Å². The Balaban J connectivity index is 2.37. The van der Waals surface area contributed by atoms with Crippen molar-refractivity contribution in [2.75, 3.05) is 12.8 Å². The van der Waals surface area contributed by atoms with E-state index in [1.54, 1.807) is 11.8 Å². The van der Waals surface area contributed by atoms with Gasteiger partial charge in [0.1, 0.15) is 11.6 Å². The van der Waals surface area contributed by atoms with Gasteiger partial charge in [0.25, 0.3) is 0 Å². The predicted molar refractivity (Wildman–Crippen MR) is 59.3 cm³/mol. The molecule has 0 amide bonds. The Morgan fingerprint density at radius 1 is 1.27 bits per heavy atom. The number of aromatic nitrogens is 2. The van der Waals surface area contributed by atoms with Gasteiger partial charge in [-0.2, -0.15) is 5.10 Å². The summed E-state index contributed by atoms with van der Waals surface area (Å²) in [5.74, 6) is 1.39. The fourth-order valence-electron chi connectivity index (χ4n) is 1.34. The third-order valence-electron chi connectivity index (χ3n) is 2.27. The van der Waals surface area contributed by atoms with E-state index in [-0.39, 0.29) is 0 Å². The summed E-state index contributed by atoms with van der Waals surface area (Å²) in [6.07, 6.45) is 1.90. The van der Waals surface area contributed by atoms with Crippen LogP contribution in [0.2, 0.25) is 0 Å². The zero-order chi connectivity index (χ0) is 10.8. The lowest BCUT2D eigenvalue weighted by molar-refractivity contribution is 0.414. The lowest BCUT2D eigenvalue weighted by Gasteiger charge is -2.02. The SMILES string of the molecule is COc1ccc(-n2cc(C)c(N)n2)cc1. The van der Waals surface area contributed by atoms with Crippen LogP contribution in [0.5, 0.6) is 5.75 Å². The van der Waals surface area contributed by atoms with E-state index in [9.17, 15) is 0 Å². The third kappa shape index (κ3) is 1.79. The largest absolute Gasteiger partial charge is 0.497 e. The molecule has 2 aromatic rings. The van der Waals surface area contributed by atoms with Crippen LogP contribution in [0.25, 0.3) is 5.69 Å². The Hall–Kier alpha value is -1.97. The van der Waals surface area contributed by atoms with E-state index in [0.717, 1.165) is 17.0 Å². The summed E-state index contributed by atoms with van der Waals surface area (Å²) in [5.41, 5.74) is 7.62. The van der Waals surface area contributed by atoms with Gasteiger partial charge >= 0.3 is 0 Å². The Morgan fingerprint density at radius 2 is 1.93 bits per heavy atom. The van der Waals surface area contributed by atoms with Crippen LogP contribution in [-0.4, -0.2) is 16.9 Å². The first kappa shape index (κ1) is 9.58. The quantitative estimate of drug-likeness (QED) is 0.809. The maximum absolute atomic E-state index is 5.68. The lowest BCUT2D eigenvalue weighted by Crippen LogP contribution is -1.96. The van der Waals surface area contributed by atoms with E-state index in [1.807, 2.05) is 37.4 Å². The number of ether oxygens (including phenoxy) is 1. The Kier molecular flexibility index (Phi) is 2.33. The van der Waals surface area contributed by atoms with Crippen molar-refractivity contribution < 1.29 is 4.74 Å². The van der Waals surface area contributed by atoms with Crippen molar-refractivity contribution in [1.29, 1.82) is 0 Å². The molecule has 0 unspecified atom stereocenters. The fraction of sp³-hybridized carbons (Fsp3) is 0.182. The van der Waals surface area contributed by atoms with E-state index in [2.05, 4.69) is 5.10 Å². The van der Waals surface area contributed by atoms with E-state index in [0.29, 0.717) is 5.82 Å². The van der Waals surface area contributed by atoms with Gasteiger partial charge in [-0.25, -0.2) is 4.68 Å². The number of nitrogens with two attached hydrogens (primary N) is 1. The summed E-state index contributed by atoms with van der Waals surface area (Å²) >= 11 is 0. The van der Waals surface area contributed by atoms with Crippen LogP contribution in [0.3, 0.4) is 0 Å². The molecular weight excluding hydrogens is 190 g/mol. The molecule has 0 aliphatic carbocycles. The van der Waals surface area contributed by atoms with Crippen molar-refractivity contribution in [3.8, 4) is 11.4 Å². The molecule has 0 bridgehead atoms. The number of hydrogen-bond donors (Lipinski definition) is 1. The van der Waals surface area contributed by atoms with Gasteiger partial charge in [0.05, 0.1) is 12.8 Å². The van der Waals surface area contributed by atoms with Crippen molar-refractivity contribution in [3.05, 3.63) is 36.0 Å². The van der Waals surface area contributed by atoms with Crippen molar-refractivity contribution >= 4 is 5.82 Å². The molecule has 4 nitrogen and oxygen atoms in total. The highest BCUT2D eigenvalue weighted by molar-refractivity contribution is 5.42. The molecule has 0 radical (unpaired) electrons. The molecule has 0 atom stereocenters. The van der Waals surface area contributed by atoms with Gasteiger partial charge in [-0.05, 0) is 31.2 Å². The Morgan fingerprint density at radius 3 is 2.40 bits per heavy atom. The molecular formula is C11H13N3O. The lowest BCUT2D eigenvalue weighted by atomic mass is 10.3. The zero-order valence-corrected chi connectivity index (χ0v) is 8.77. The molecule has 1 aromatic carbocycles. The number of nitrogens with zero attached hydrogens (tertiary/aromatic N) is 2. The van der Waals surface area contributed by atoms with Crippen LogP contribution in [0.1, 0.15) is 5.56 Å². The number of methoxy groups -OCH3 is 1. The van der Waals surface area contributed by atoms with Gasteiger partial charge in [0.2, 0.25) is 0 Å². The van der Waals surface area contributed by atoms with Gasteiger partial charge in [0.15, 0.2) is 0 Å². The molecule has 0 aliphatic heterocycles. The summed E-state index contributed by atoms with van der Waals surface area (Å²) in [6.45, 7) is 1.93. The number of hydrogen-bond acceptors (Lipinski definition) is 3. The van der Waals surface area contributed by atoms with E-state index in [1.165, 1.54) is 0 Å². The molecule has 2 rings (SSSR count). The van der Waals surface area contributed by atoms with Crippen LogP contribution in [0.4, 0.5) is 5.82 Å². The van der Waals surface area contributed by atoms with Gasteiger partial charge < -0.3 is 10.5 Å². The minimum absolute atomic E-state index is 0.561. The van der Waals surface area contributed by atoms with Crippen LogP contribution >= 0.6 is 0 Å². The molecule has 0 saturated carbocycles. The van der Waals surface area contributed by atoms with Crippen LogP contribution < -0.4 is 10.5 Å². The topological polar surface area (TPSA) is 53.1 Å². The molecule has 2 N–H and O–H groups in total. The monoisotopic (exact) mass is 203 g/mol. The molecule has 1 aromatic heterocycles. The molecule has 0 spiro atoms. The Bertz CT molecular complexity index is 440. The summed E-state index contributed by atoms with van der Waals surface area (Å²) in [7, 11) is 1.64. The summed E-state index contributed by atoms with van der Waals surface area (Å²) in [6, 6.07) is 7.65. The number of anilines is 1. The first-order valence-electron chi connectivity index (χ1n) is 4.67. The average Bonchev–Trinajstić information content (AvgIpc) is 2.59. The second kappa shape index (κ2) is 3.65. The smallest absolute Gasteiger partial charge is 0.148 e. The molecule has 78 valence electrons. The highest BCUT2D eigenvalue weighted by Crippen LogP contribution is 2.16. The van der Waals surface area contributed by atoms with Gasteiger partial charge in [-0.15, -0.1) is 0 Å². The maximum Gasteiger partial charge on any atom is 0.148 e. The summed E-state index contributed by atoms with van der Waals surface area (Å²) in [5, 5.41) is 4.19. The minimum Gasteiger partial charge on any atom is -0.497 e. The van der Waals surface area contributed by atoms with Crippen molar-refractivity contribution in [2.45, 2.75) is 6.92 Å². The second-order valence-corrected chi connectivity index (χ2v) is 3.34. The van der Waals surface area contributed by atoms with Crippen LogP contribution in [0, 0.1) is 6.92 Å². The van der Waals surface area contributed by atoms with Crippen molar-refractivity contribution in [1.82, 2.24) is 9.78 Å². The molecule has 0 aliphatic rings. The fourth-order valence-corrected chi connectivity index (χ4v) is 1.34. The maximum atomic E-state index is 5.68. The van der Waals surface area contributed by atoms with E-state index in [4.69, 9.17) is 10.5 Å². The Labute approximate surface area is 88.3 Å². The minimum atomic E-state index is 0.561. The summed E-state index contributed by atoms with van der Waals surface area (Å²) in [4.78, 5) is 0. The van der Waals surface area contributed by atoms with E-state index >= 15 is 0 Å². The average molecular weight is 203 g/mol. The number of aryl methyl sites for hydroxylation is 1. The first-order valence-corrected chi connectivity index (χ1v) is 4.67. The van der Waals surface area contributed by atoms with Gasteiger partial charge in [-0.1, -0.05) is 0 Å². The predicted octanol–water partition coefficient (Wildman–Crippen LogP) is 1.77.